The Hall–Kier alpha value is -0.590. The van der Waals surface area contributed by atoms with Crippen molar-refractivity contribution in [2.24, 2.45) is 5.73 Å². The number of aromatic nitrogens is 1. The van der Waals surface area contributed by atoms with Gasteiger partial charge in [0.2, 0.25) is 0 Å². The minimum atomic E-state index is -0.967. The Morgan fingerprint density at radius 2 is 2.47 bits per heavy atom. The lowest BCUT2D eigenvalue weighted by molar-refractivity contribution is -0.139. The zero-order valence-corrected chi connectivity index (χ0v) is 10.3. The molecule has 84 valence electrons. The molecule has 1 aromatic heterocycles. The van der Waals surface area contributed by atoms with Gasteiger partial charge in [0.05, 0.1) is 11.2 Å². The van der Waals surface area contributed by atoms with E-state index in [-0.39, 0.29) is 0 Å². The van der Waals surface area contributed by atoms with Crippen molar-refractivity contribution < 1.29 is 9.90 Å². The van der Waals surface area contributed by atoms with E-state index in [1.54, 1.807) is 5.51 Å². The molecular formula is C9H14N2O2S2. The van der Waals surface area contributed by atoms with Gasteiger partial charge in [0.15, 0.2) is 0 Å². The average molecular weight is 246 g/mol. The number of hydrogen-bond acceptors (Lipinski definition) is 5. The molecule has 0 saturated carbocycles. The summed E-state index contributed by atoms with van der Waals surface area (Å²) in [5.41, 5.74) is 8.33. The van der Waals surface area contributed by atoms with E-state index in [1.165, 1.54) is 23.1 Å². The van der Waals surface area contributed by atoms with Crippen LogP contribution in [-0.4, -0.2) is 26.8 Å². The maximum absolute atomic E-state index is 10.8. The second kappa shape index (κ2) is 4.96. The number of thioether (sulfide) groups is 1. The lowest BCUT2D eigenvalue weighted by atomic mass is 10.1. The third-order valence-corrected chi connectivity index (χ3v) is 4.16. The second-order valence-electron chi connectivity index (χ2n) is 3.69. The fourth-order valence-electron chi connectivity index (χ4n) is 0.956. The molecule has 0 amide bonds. The number of carbonyl (C=O) groups is 1. The minimum absolute atomic E-state index is 0.491. The van der Waals surface area contributed by atoms with Crippen molar-refractivity contribution in [3.63, 3.8) is 0 Å². The number of thiazole rings is 1. The quantitative estimate of drug-likeness (QED) is 0.824. The van der Waals surface area contributed by atoms with Gasteiger partial charge in [0, 0.05) is 15.9 Å². The molecule has 0 bridgehead atoms. The summed E-state index contributed by atoms with van der Waals surface area (Å²) in [6, 6.07) is -0.860. The highest BCUT2D eigenvalue weighted by Gasteiger charge is 2.32. The first-order chi connectivity index (χ1) is 6.93. The summed E-state index contributed by atoms with van der Waals surface area (Å²) in [4.78, 5) is 14.9. The van der Waals surface area contributed by atoms with Gasteiger partial charge in [-0.1, -0.05) is 0 Å². The Morgan fingerprint density at radius 3 is 2.93 bits per heavy atom. The molecule has 0 aliphatic rings. The van der Waals surface area contributed by atoms with Crippen LogP contribution in [0, 0.1) is 0 Å². The first-order valence-electron chi connectivity index (χ1n) is 4.43. The second-order valence-corrected chi connectivity index (χ2v) is 6.04. The van der Waals surface area contributed by atoms with Gasteiger partial charge in [0.1, 0.15) is 6.04 Å². The smallest absolute Gasteiger partial charge is 0.321 e. The van der Waals surface area contributed by atoms with Crippen molar-refractivity contribution in [2.75, 3.05) is 0 Å². The Labute approximate surface area is 96.9 Å². The van der Waals surface area contributed by atoms with Crippen LogP contribution in [0.5, 0.6) is 0 Å². The summed E-state index contributed by atoms with van der Waals surface area (Å²) < 4.78 is -0.491. The Kier molecular flexibility index (Phi) is 4.12. The molecule has 1 aromatic rings. The van der Waals surface area contributed by atoms with Crippen molar-refractivity contribution in [2.45, 2.75) is 30.4 Å². The topological polar surface area (TPSA) is 76.2 Å². The SMILES string of the molecule is CC(C)(SCc1cscn1)[C@@H](N)C(=O)O. The van der Waals surface area contributed by atoms with Crippen LogP contribution in [0.3, 0.4) is 0 Å². The van der Waals surface area contributed by atoms with Gasteiger partial charge in [0.25, 0.3) is 0 Å². The van der Waals surface area contributed by atoms with E-state index in [9.17, 15) is 4.79 Å². The number of aliphatic carboxylic acids is 1. The predicted molar refractivity (Wildman–Crippen MR) is 63.1 cm³/mol. The highest BCUT2D eigenvalue weighted by atomic mass is 32.2. The van der Waals surface area contributed by atoms with Crippen LogP contribution in [0.4, 0.5) is 0 Å². The molecule has 0 aliphatic carbocycles. The van der Waals surface area contributed by atoms with E-state index in [1.807, 2.05) is 19.2 Å². The van der Waals surface area contributed by atoms with Crippen LogP contribution >= 0.6 is 23.1 Å². The lowest BCUT2D eigenvalue weighted by Crippen LogP contribution is -2.46. The van der Waals surface area contributed by atoms with Gasteiger partial charge in [-0.3, -0.25) is 4.79 Å². The van der Waals surface area contributed by atoms with E-state index in [0.29, 0.717) is 5.75 Å². The molecule has 6 heteroatoms. The van der Waals surface area contributed by atoms with E-state index < -0.39 is 16.8 Å². The zero-order valence-electron chi connectivity index (χ0n) is 8.64. The zero-order chi connectivity index (χ0) is 11.5. The van der Waals surface area contributed by atoms with E-state index in [2.05, 4.69) is 4.98 Å². The van der Waals surface area contributed by atoms with E-state index >= 15 is 0 Å². The third kappa shape index (κ3) is 3.48. The molecule has 3 N–H and O–H groups in total. The largest absolute Gasteiger partial charge is 0.480 e. The van der Waals surface area contributed by atoms with Crippen LogP contribution < -0.4 is 5.73 Å². The van der Waals surface area contributed by atoms with Crippen molar-refractivity contribution in [1.82, 2.24) is 4.98 Å². The number of carboxylic acids is 1. The summed E-state index contributed by atoms with van der Waals surface area (Å²) >= 11 is 3.04. The molecule has 15 heavy (non-hydrogen) atoms. The third-order valence-electron chi connectivity index (χ3n) is 2.09. The normalized spacial score (nSPS) is 13.8. The van der Waals surface area contributed by atoms with Crippen LogP contribution in [0.15, 0.2) is 10.9 Å². The summed E-state index contributed by atoms with van der Waals surface area (Å²) in [6.07, 6.45) is 0. The van der Waals surface area contributed by atoms with E-state index in [0.717, 1.165) is 5.69 Å². The number of nitrogens with zero attached hydrogens (tertiary/aromatic N) is 1. The Bertz CT molecular complexity index is 325. The molecule has 0 fully saturated rings. The molecule has 0 radical (unpaired) electrons. The molecule has 4 nitrogen and oxygen atoms in total. The van der Waals surface area contributed by atoms with Gasteiger partial charge in [-0.15, -0.1) is 23.1 Å². The van der Waals surface area contributed by atoms with Gasteiger partial charge < -0.3 is 10.8 Å². The maximum atomic E-state index is 10.8. The maximum Gasteiger partial charge on any atom is 0.321 e. The summed E-state index contributed by atoms with van der Waals surface area (Å²) in [5, 5.41) is 10.8. The van der Waals surface area contributed by atoms with Crippen LogP contribution in [0.2, 0.25) is 0 Å². The monoisotopic (exact) mass is 246 g/mol. The number of nitrogens with two attached hydrogens (primary N) is 1. The molecular weight excluding hydrogens is 232 g/mol. The van der Waals surface area contributed by atoms with E-state index in [4.69, 9.17) is 10.8 Å². The van der Waals surface area contributed by atoms with Crippen LogP contribution in [-0.2, 0) is 10.5 Å². The van der Waals surface area contributed by atoms with Gasteiger partial charge in [-0.2, -0.15) is 0 Å². The van der Waals surface area contributed by atoms with Crippen LogP contribution in [0.1, 0.15) is 19.5 Å². The van der Waals surface area contributed by atoms with Crippen molar-refractivity contribution >= 4 is 29.1 Å². The predicted octanol–water partition coefficient (Wildman–Crippen LogP) is 1.57. The highest BCUT2D eigenvalue weighted by molar-refractivity contribution is 7.99. The number of hydrogen-bond donors (Lipinski definition) is 2. The summed E-state index contributed by atoms with van der Waals surface area (Å²) in [6.45, 7) is 3.67. The minimum Gasteiger partial charge on any atom is -0.480 e. The summed E-state index contributed by atoms with van der Waals surface area (Å²) in [7, 11) is 0. The van der Waals surface area contributed by atoms with Gasteiger partial charge in [-0.25, -0.2) is 4.98 Å². The summed E-state index contributed by atoms with van der Waals surface area (Å²) in [5.74, 6) is -0.275. The van der Waals surface area contributed by atoms with Crippen molar-refractivity contribution in [3.8, 4) is 0 Å². The lowest BCUT2D eigenvalue weighted by Gasteiger charge is -2.27. The first-order valence-corrected chi connectivity index (χ1v) is 6.36. The molecule has 0 aliphatic heterocycles. The average Bonchev–Trinajstić information content (AvgIpc) is 2.66. The first kappa shape index (κ1) is 12.5. The molecule has 0 saturated heterocycles. The fourth-order valence-corrected chi connectivity index (χ4v) is 2.58. The Morgan fingerprint density at radius 1 is 1.80 bits per heavy atom. The molecule has 1 rings (SSSR count). The highest BCUT2D eigenvalue weighted by Crippen LogP contribution is 2.30. The molecule has 1 heterocycles. The standard InChI is InChI=1S/C9H14N2O2S2/c1-9(2,7(10)8(12)13)15-4-6-3-14-5-11-6/h3,5,7H,4,10H2,1-2H3,(H,12,13)/t7-/m0/s1. The Balaban J connectivity index is 2.53. The van der Waals surface area contributed by atoms with Crippen molar-refractivity contribution in [3.05, 3.63) is 16.6 Å². The van der Waals surface area contributed by atoms with Crippen LogP contribution in [0.25, 0.3) is 0 Å². The molecule has 0 aromatic carbocycles. The molecule has 1 atom stereocenters. The number of rotatable bonds is 5. The molecule has 0 spiro atoms. The van der Waals surface area contributed by atoms with Crippen molar-refractivity contribution in [1.29, 1.82) is 0 Å². The number of carboxylic acid groups (broad SMARTS) is 1. The van der Waals surface area contributed by atoms with Gasteiger partial charge in [-0.05, 0) is 13.8 Å². The van der Waals surface area contributed by atoms with Gasteiger partial charge >= 0.3 is 5.97 Å². The fraction of sp³-hybridized carbons (Fsp3) is 0.556. The molecule has 0 unspecified atom stereocenters.